The lowest BCUT2D eigenvalue weighted by Gasteiger charge is -2.07. The molecule has 6 heteroatoms. The van der Waals surface area contributed by atoms with Crippen molar-refractivity contribution in [3.8, 4) is 6.01 Å². The standard InChI is InChI=1S/C23H23F2N3O/c1-17(6-5-9-18-7-3-2-4-8-18)14-26-22-21(25)15-27-23(28-22)29-16-19-10-12-20(24)13-11-19/h2-4,7-8,10-15,17H,5-6,9,16H2,1H3. The number of nitrogens with zero attached hydrogens (tertiary/aromatic N) is 3. The van der Waals surface area contributed by atoms with Crippen molar-refractivity contribution in [2.75, 3.05) is 0 Å². The Morgan fingerprint density at radius 1 is 1.03 bits per heavy atom. The van der Waals surface area contributed by atoms with Crippen molar-refractivity contribution in [2.45, 2.75) is 32.8 Å². The highest BCUT2D eigenvalue weighted by atomic mass is 19.1. The molecule has 0 radical (unpaired) electrons. The Labute approximate surface area is 169 Å². The van der Waals surface area contributed by atoms with Crippen LogP contribution in [0.5, 0.6) is 6.01 Å². The zero-order chi connectivity index (χ0) is 20.5. The van der Waals surface area contributed by atoms with Crippen LogP contribution in [-0.2, 0) is 13.0 Å². The summed E-state index contributed by atoms with van der Waals surface area (Å²) >= 11 is 0. The van der Waals surface area contributed by atoms with Gasteiger partial charge in [0, 0.05) is 6.21 Å². The molecule has 0 saturated heterocycles. The number of aromatic nitrogens is 2. The van der Waals surface area contributed by atoms with Gasteiger partial charge in [-0.1, -0.05) is 49.4 Å². The highest BCUT2D eigenvalue weighted by Crippen LogP contribution is 2.18. The molecule has 1 heterocycles. The van der Waals surface area contributed by atoms with Gasteiger partial charge in [0.2, 0.25) is 0 Å². The van der Waals surface area contributed by atoms with Crippen molar-refractivity contribution >= 4 is 12.0 Å². The average Bonchev–Trinajstić information content (AvgIpc) is 2.74. The maximum atomic E-state index is 14.0. The summed E-state index contributed by atoms with van der Waals surface area (Å²) in [7, 11) is 0. The van der Waals surface area contributed by atoms with Gasteiger partial charge in [-0.15, -0.1) is 0 Å². The fourth-order valence-corrected chi connectivity index (χ4v) is 2.78. The molecule has 4 nitrogen and oxygen atoms in total. The molecule has 150 valence electrons. The first kappa shape index (κ1) is 20.6. The van der Waals surface area contributed by atoms with Crippen LogP contribution in [0.1, 0.15) is 30.9 Å². The third kappa shape index (κ3) is 6.75. The van der Waals surface area contributed by atoms with Crippen LogP contribution in [0.15, 0.2) is 65.8 Å². The van der Waals surface area contributed by atoms with E-state index in [-0.39, 0.29) is 30.2 Å². The molecule has 1 atom stereocenters. The van der Waals surface area contributed by atoms with Gasteiger partial charge in [0.1, 0.15) is 12.4 Å². The Balaban J connectivity index is 1.52. The van der Waals surface area contributed by atoms with Crippen LogP contribution >= 0.6 is 0 Å². The average molecular weight is 395 g/mol. The Morgan fingerprint density at radius 3 is 2.55 bits per heavy atom. The van der Waals surface area contributed by atoms with E-state index in [1.807, 2.05) is 25.1 Å². The summed E-state index contributed by atoms with van der Waals surface area (Å²) < 4.78 is 32.4. The predicted octanol–water partition coefficient (Wildman–Crippen LogP) is 5.70. The smallest absolute Gasteiger partial charge is 0.318 e. The van der Waals surface area contributed by atoms with Crippen LogP contribution in [0.2, 0.25) is 0 Å². The predicted molar refractivity (Wildman–Crippen MR) is 109 cm³/mol. The normalized spacial score (nSPS) is 12.2. The second kappa shape index (κ2) is 10.4. The van der Waals surface area contributed by atoms with Crippen LogP contribution in [-0.4, -0.2) is 16.2 Å². The molecule has 0 aliphatic rings. The van der Waals surface area contributed by atoms with Crippen molar-refractivity contribution in [1.82, 2.24) is 9.97 Å². The van der Waals surface area contributed by atoms with Gasteiger partial charge in [-0.3, -0.25) is 0 Å². The van der Waals surface area contributed by atoms with Gasteiger partial charge in [-0.2, -0.15) is 4.98 Å². The highest BCUT2D eigenvalue weighted by Gasteiger charge is 2.08. The Morgan fingerprint density at radius 2 is 1.79 bits per heavy atom. The molecule has 2 aromatic carbocycles. The van der Waals surface area contributed by atoms with E-state index in [1.54, 1.807) is 18.3 Å². The summed E-state index contributed by atoms with van der Waals surface area (Å²) in [6.45, 7) is 2.20. The summed E-state index contributed by atoms with van der Waals surface area (Å²) in [5.41, 5.74) is 2.07. The first-order valence-corrected chi connectivity index (χ1v) is 9.58. The van der Waals surface area contributed by atoms with E-state index in [4.69, 9.17) is 4.74 Å². The van der Waals surface area contributed by atoms with Gasteiger partial charge in [-0.25, -0.2) is 18.8 Å². The third-order valence-electron chi connectivity index (χ3n) is 4.40. The molecule has 3 aromatic rings. The molecule has 0 fully saturated rings. The summed E-state index contributed by atoms with van der Waals surface area (Å²) in [6.07, 6.45) is 5.72. The zero-order valence-electron chi connectivity index (χ0n) is 16.3. The molecule has 0 aliphatic heterocycles. The molecule has 1 aromatic heterocycles. The maximum absolute atomic E-state index is 14.0. The Kier molecular flexibility index (Phi) is 7.39. The molecule has 1 unspecified atom stereocenters. The fourth-order valence-electron chi connectivity index (χ4n) is 2.78. The quantitative estimate of drug-likeness (QED) is 0.437. The van der Waals surface area contributed by atoms with Crippen molar-refractivity contribution < 1.29 is 13.5 Å². The number of hydrogen-bond donors (Lipinski definition) is 0. The van der Waals surface area contributed by atoms with E-state index in [0.29, 0.717) is 0 Å². The van der Waals surface area contributed by atoms with Crippen LogP contribution in [0, 0.1) is 17.6 Å². The zero-order valence-corrected chi connectivity index (χ0v) is 16.3. The minimum atomic E-state index is -0.605. The maximum Gasteiger partial charge on any atom is 0.318 e. The SMILES string of the molecule is CC(C=Nc1nc(OCc2ccc(F)cc2)ncc1F)CCCc1ccccc1. The Bertz CT molecular complexity index is 931. The van der Waals surface area contributed by atoms with Gasteiger partial charge < -0.3 is 4.74 Å². The first-order valence-electron chi connectivity index (χ1n) is 9.58. The van der Waals surface area contributed by atoms with Gasteiger partial charge >= 0.3 is 6.01 Å². The lowest BCUT2D eigenvalue weighted by molar-refractivity contribution is 0.279. The molecule has 0 N–H and O–H groups in total. The number of benzene rings is 2. The van der Waals surface area contributed by atoms with E-state index in [2.05, 4.69) is 27.1 Å². The minimum absolute atomic E-state index is 0.0274. The first-order chi connectivity index (χ1) is 14.1. The number of aliphatic imine (C=N–C) groups is 1. The summed E-state index contributed by atoms with van der Waals surface area (Å²) in [5, 5.41) is 0. The second-order valence-corrected chi connectivity index (χ2v) is 6.87. The second-order valence-electron chi connectivity index (χ2n) is 6.87. The number of rotatable bonds is 9. The topological polar surface area (TPSA) is 47.4 Å². The van der Waals surface area contributed by atoms with E-state index >= 15 is 0 Å². The van der Waals surface area contributed by atoms with Gasteiger partial charge in [0.25, 0.3) is 0 Å². The molecule has 3 rings (SSSR count). The molecule has 0 amide bonds. The van der Waals surface area contributed by atoms with Crippen molar-refractivity contribution in [3.05, 3.63) is 83.6 Å². The van der Waals surface area contributed by atoms with Gasteiger partial charge in [0.15, 0.2) is 11.6 Å². The lowest BCUT2D eigenvalue weighted by Crippen LogP contribution is -2.01. The lowest BCUT2D eigenvalue weighted by atomic mass is 10.0. The molecule has 0 bridgehead atoms. The third-order valence-corrected chi connectivity index (χ3v) is 4.40. The van der Waals surface area contributed by atoms with Crippen LogP contribution < -0.4 is 4.74 Å². The monoisotopic (exact) mass is 395 g/mol. The molecule has 0 aliphatic carbocycles. The number of hydrogen-bond acceptors (Lipinski definition) is 4. The molecular formula is C23H23F2N3O. The van der Waals surface area contributed by atoms with Gasteiger partial charge in [0.05, 0.1) is 6.20 Å². The summed E-state index contributed by atoms with van der Waals surface area (Å²) in [6, 6.07) is 16.2. The molecule has 0 spiro atoms. The van der Waals surface area contributed by atoms with E-state index in [9.17, 15) is 8.78 Å². The largest absolute Gasteiger partial charge is 0.459 e. The highest BCUT2D eigenvalue weighted by molar-refractivity contribution is 5.64. The van der Waals surface area contributed by atoms with Crippen LogP contribution in [0.25, 0.3) is 0 Å². The Hall–Kier alpha value is -3.15. The van der Waals surface area contributed by atoms with Gasteiger partial charge in [-0.05, 0) is 48.4 Å². The molecule has 0 saturated carbocycles. The number of halogens is 2. The molecular weight excluding hydrogens is 372 g/mol. The van der Waals surface area contributed by atoms with E-state index < -0.39 is 5.82 Å². The van der Waals surface area contributed by atoms with Crippen LogP contribution in [0.4, 0.5) is 14.6 Å². The number of aryl methyl sites for hydroxylation is 1. The molecule has 29 heavy (non-hydrogen) atoms. The van der Waals surface area contributed by atoms with E-state index in [0.717, 1.165) is 31.0 Å². The van der Waals surface area contributed by atoms with Crippen molar-refractivity contribution in [2.24, 2.45) is 10.9 Å². The summed E-state index contributed by atoms with van der Waals surface area (Å²) in [4.78, 5) is 12.0. The fraction of sp³-hybridized carbons (Fsp3) is 0.261. The van der Waals surface area contributed by atoms with Crippen molar-refractivity contribution in [1.29, 1.82) is 0 Å². The van der Waals surface area contributed by atoms with Crippen LogP contribution in [0.3, 0.4) is 0 Å². The van der Waals surface area contributed by atoms with E-state index in [1.165, 1.54) is 17.7 Å². The minimum Gasteiger partial charge on any atom is -0.459 e. The summed E-state index contributed by atoms with van der Waals surface area (Å²) in [5.74, 6) is -0.783. The van der Waals surface area contributed by atoms with Crippen molar-refractivity contribution in [3.63, 3.8) is 0 Å². The number of ether oxygens (including phenoxy) is 1.